The first-order chi connectivity index (χ1) is 30.7. The summed E-state index contributed by atoms with van der Waals surface area (Å²) in [5.41, 5.74) is 9.78. The molecular weight excluding hydrogens is 841 g/mol. The first-order valence-corrected chi connectivity index (χ1v) is 23.3. The van der Waals surface area contributed by atoms with Gasteiger partial charge >= 0.3 is 6.09 Å². The van der Waals surface area contributed by atoms with Gasteiger partial charge in [-0.15, -0.1) is 0 Å². The minimum Gasteiger partial charge on any atom is -0.449 e. The highest BCUT2D eigenvalue weighted by Gasteiger charge is 2.36. The number of amides is 5. The van der Waals surface area contributed by atoms with Gasteiger partial charge < -0.3 is 46.6 Å². The van der Waals surface area contributed by atoms with Crippen LogP contribution in [0, 0.1) is 29.1 Å². The Bertz CT molecular complexity index is 2160. The molecule has 5 rings (SSSR count). The number of aliphatic hydroxyl groups excluding tert-OH is 1. The minimum absolute atomic E-state index is 0.00332. The Labute approximate surface area is 375 Å². The largest absolute Gasteiger partial charge is 0.449 e. The van der Waals surface area contributed by atoms with E-state index in [-0.39, 0.29) is 54.6 Å². The lowest BCUT2D eigenvalue weighted by Gasteiger charge is -2.28. The van der Waals surface area contributed by atoms with Gasteiger partial charge in [0, 0.05) is 30.8 Å². The van der Waals surface area contributed by atoms with Crippen LogP contribution >= 0.6 is 10.5 Å². The Morgan fingerprint density at radius 1 is 0.938 bits per heavy atom. The zero-order valence-corrected chi connectivity index (χ0v) is 37.6. The Morgan fingerprint density at radius 3 is 2.17 bits per heavy atom. The average molecular weight is 901 g/mol. The van der Waals surface area contributed by atoms with E-state index in [9.17, 15) is 39.1 Å². The number of ketones is 1. The highest BCUT2D eigenvalue weighted by atomic mass is 32.2. The van der Waals surface area contributed by atoms with Crippen LogP contribution in [0.1, 0.15) is 76.1 Å². The molecule has 2 unspecified atom stereocenters. The summed E-state index contributed by atoms with van der Waals surface area (Å²) >= 11 is 0. The van der Waals surface area contributed by atoms with Gasteiger partial charge in [-0.25, -0.2) is 9.78 Å². The van der Waals surface area contributed by atoms with Gasteiger partial charge in [0.15, 0.2) is 0 Å². The summed E-state index contributed by atoms with van der Waals surface area (Å²) in [5.74, 6) is -2.62. The van der Waals surface area contributed by atoms with Crippen LogP contribution in [0.2, 0.25) is 0 Å². The molecule has 1 fully saturated rings. The number of imidazole rings is 1. The van der Waals surface area contributed by atoms with E-state index in [1.807, 2.05) is 69.3 Å². The zero-order valence-electron chi connectivity index (χ0n) is 36.8. The van der Waals surface area contributed by atoms with E-state index in [1.54, 1.807) is 6.92 Å². The van der Waals surface area contributed by atoms with Crippen LogP contribution in [0.25, 0.3) is 11.1 Å². The first-order valence-electron chi connectivity index (χ1n) is 21.7. The smallest absolute Gasteiger partial charge is 0.407 e. The fourth-order valence-corrected chi connectivity index (χ4v) is 10.6. The predicted octanol–water partition coefficient (Wildman–Crippen LogP) is 2.84. The van der Waals surface area contributed by atoms with Gasteiger partial charge in [0.25, 0.3) is 0 Å². The molecule has 0 spiro atoms. The van der Waals surface area contributed by atoms with Crippen LogP contribution in [-0.2, 0) is 39.9 Å². The second-order valence-electron chi connectivity index (χ2n) is 16.7. The van der Waals surface area contributed by atoms with E-state index in [0.29, 0.717) is 36.6 Å². The number of aromatic amines is 1. The third-order valence-electron chi connectivity index (χ3n) is 11.6. The summed E-state index contributed by atoms with van der Waals surface area (Å²) in [7, 11) is -0.642. The number of hydrogen-bond acceptors (Lipinski definition) is 11. The summed E-state index contributed by atoms with van der Waals surface area (Å²) in [4.78, 5) is 87.1. The lowest BCUT2D eigenvalue weighted by Crippen LogP contribution is -2.59. The quantitative estimate of drug-likeness (QED) is 0.0537. The van der Waals surface area contributed by atoms with E-state index in [1.165, 1.54) is 12.5 Å². The van der Waals surface area contributed by atoms with Crippen LogP contribution in [0.15, 0.2) is 61.1 Å². The molecule has 344 valence electrons. The molecule has 7 atom stereocenters. The van der Waals surface area contributed by atoms with Gasteiger partial charge in [0.2, 0.25) is 29.4 Å². The SMILES string of the molecule is CC[C@H](C)[C@H](NC(=O)[C@H](CC(C)C)NC(=O)[C@H](CO)NC(=O)[C@H](Cc1cnc[nH]1)NC(=O)OCC1c2ccccc2-c2ccccc21)C(=O)/C(C#N)=S1/CCC(CCOCC(N)=O)C1. The number of rotatable bonds is 23. The van der Waals surface area contributed by atoms with Crippen molar-refractivity contribution in [2.24, 2.45) is 23.5 Å². The normalized spacial score (nSPS) is 18.0. The fourth-order valence-electron chi connectivity index (χ4n) is 8.00. The number of hydrogen-bond donors (Lipinski definition) is 7. The average Bonchev–Trinajstić information content (AvgIpc) is 4.04. The lowest BCUT2D eigenvalue weighted by atomic mass is 9.93. The Kier molecular flexibility index (Phi) is 18.2. The first kappa shape index (κ1) is 49.1. The number of Topliss-reactive ketones (excluding diaryl/α,β-unsaturated/α-hetero) is 1. The van der Waals surface area contributed by atoms with E-state index in [2.05, 4.69) is 37.3 Å². The van der Waals surface area contributed by atoms with Gasteiger partial charge in [0.05, 0.1) is 19.0 Å². The Balaban J connectivity index is 1.24. The molecule has 1 aromatic heterocycles. The van der Waals surface area contributed by atoms with Crippen molar-refractivity contribution in [2.75, 3.05) is 37.9 Å². The zero-order chi connectivity index (χ0) is 46.3. The molecule has 64 heavy (non-hydrogen) atoms. The maximum absolute atomic E-state index is 14.1. The van der Waals surface area contributed by atoms with Crippen LogP contribution < -0.4 is 27.0 Å². The van der Waals surface area contributed by atoms with Crippen molar-refractivity contribution < 1.29 is 43.3 Å². The van der Waals surface area contributed by atoms with E-state index < -0.39 is 76.8 Å². The number of carbonyl (C=O) groups excluding carboxylic acids is 6. The number of nitriles is 1. The molecule has 0 radical (unpaired) electrons. The number of primary amides is 1. The number of nitrogens with zero attached hydrogens (tertiary/aromatic N) is 2. The molecule has 2 heterocycles. The number of aromatic nitrogens is 2. The molecule has 2 aromatic carbocycles. The van der Waals surface area contributed by atoms with Gasteiger partial charge in [-0.3, -0.25) is 24.0 Å². The second kappa shape index (κ2) is 23.7. The summed E-state index contributed by atoms with van der Waals surface area (Å²) in [6.07, 6.45) is 4.05. The topological polar surface area (TPSA) is 268 Å². The fraction of sp³-hybridized carbons (Fsp3) is 0.500. The third kappa shape index (κ3) is 13.1. The van der Waals surface area contributed by atoms with Crippen LogP contribution in [-0.4, -0.2) is 118 Å². The van der Waals surface area contributed by atoms with Crippen molar-refractivity contribution >= 4 is 50.9 Å². The van der Waals surface area contributed by atoms with E-state index in [4.69, 9.17) is 15.2 Å². The number of benzene rings is 2. The van der Waals surface area contributed by atoms with E-state index in [0.717, 1.165) is 28.7 Å². The van der Waals surface area contributed by atoms with E-state index >= 15 is 0 Å². The lowest BCUT2D eigenvalue weighted by molar-refractivity contribution is -0.134. The number of alkyl carbamates (subject to hydrolysis) is 1. The number of ether oxygens (including phenoxy) is 2. The minimum atomic E-state index is -1.54. The summed E-state index contributed by atoms with van der Waals surface area (Å²) in [6.45, 7) is 6.68. The Hall–Kier alpha value is -5.90. The number of carbonyl (C=O) groups is 6. The summed E-state index contributed by atoms with van der Waals surface area (Å²) in [5, 5.41) is 31.2. The molecule has 2 aliphatic rings. The van der Waals surface area contributed by atoms with Crippen LogP contribution in [0.3, 0.4) is 0 Å². The number of fused-ring (bicyclic) bond motifs is 3. The van der Waals surface area contributed by atoms with Crippen LogP contribution in [0.5, 0.6) is 0 Å². The van der Waals surface area contributed by atoms with Gasteiger partial charge in [-0.1, -0.05) is 82.6 Å². The van der Waals surface area contributed by atoms with Gasteiger partial charge in [0.1, 0.15) is 42.3 Å². The van der Waals surface area contributed by atoms with Crippen molar-refractivity contribution in [3.05, 3.63) is 77.9 Å². The molecule has 18 heteroatoms. The molecule has 0 bridgehead atoms. The van der Waals surface area contributed by atoms with Crippen molar-refractivity contribution in [3.63, 3.8) is 0 Å². The predicted molar refractivity (Wildman–Crippen MR) is 242 cm³/mol. The number of aliphatic hydroxyl groups is 1. The van der Waals surface area contributed by atoms with Crippen molar-refractivity contribution in [3.8, 4) is 17.2 Å². The van der Waals surface area contributed by atoms with Gasteiger partial charge in [-0.05, 0) is 70.8 Å². The molecule has 1 saturated heterocycles. The molecule has 5 amide bonds. The third-order valence-corrected chi connectivity index (χ3v) is 14.1. The maximum Gasteiger partial charge on any atom is 0.407 e. The van der Waals surface area contributed by atoms with Crippen molar-refractivity contribution in [1.29, 1.82) is 5.26 Å². The molecule has 0 saturated carbocycles. The number of H-pyrrole nitrogens is 1. The summed E-state index contributed by atoms with van der Waals surface area (Å²) in [6, 6.07) is 12.9. The highest BCUT2D eigenvalue weighted by Crippen LogP contribution is 2.44. The van der Waals surface area contributed by atoms with Crippen molar-refractivity contribution in [1.82, 2.24) is 31.2 Å². The molecule has 17 nitrogen and oxygen atoms in total. The van der Waals surface area contributed by atoms with Gasteiger partial charge in [-0.2, -0.15) is 15.7 Å². The molecule has 1 aliphatic carbocycles. The molecular formula is C46H60N8O9S. The number of nitrogens with one attached hydrogen (secondary N) is 5. The maximum atomic E-state index is 14.1. The molecule has 1 aliphatic heterocycles. The number of nitrogens with two attached hydrogens (primary N) is 1. The molecule has 8 N–H and O–H groups in total. The Morgan fingerprint density at radius 2 is 1.58 bits per heavy atom. The highest BCUT2D eigenvalue weighted by molar-refractivity contribution is 8.17. The summed E-state index contributed by atoms with van der Waals surface area (Å²) < 4.78 is 11.0. The van der Waals surface area contributed by atoms with Crippen molar-refractivity contribution in [2.45, 2.75) is 89.9 Å². The second-order valence-corrected chi connectivity index (χ2v) is 18.9. The van der Waals surface area contributed by atoms with Crippen LogP contribution in [0.4, 0.5) is 4.79 Å². The standard InChI is InChI=1S/C46H60N8O9S/c1-5-28(4)41(42(57)39(20-47)64-17-15-29(25-64)14-16-62-24-40(48)56)54-44(59)36(18-27(2)3)51-45(60)38(22-55)52-43(58)37(19-30-21-49-26-50-30)53-46(61)63-23-35-33-12-8-6-10-31(33)32-11-7-9-13-34(32)35/h6-13,21,26-29,35-38,41,55H,5,14-19,22-25H2,1-4H3,(H2,48,56)(H,49,50)(H,51,60)(H,52,58)(H,53,61)(H,54,59)/t28-,29?,36-,37-,38-,41-,64?/m0/s1. The monoisotopic (exact) mass is 900 g/mol. The molecule has 3 aromatic rings.